The molecule has 0 fully saturated rings. The molecule has 1 unspecified atom stereocenters. The van der Waals surface area contributed by atoms with E-state index < -0.39 is 13.8 Å². The third kappa shape index (κ3) is 4.51. The van der Waals surface area contributed by atoms with Gasteiger partial charge in [-0.05, 0) is 12.1 Å². The summed E-state index contributed by atoms with van der Waals surface area (Å²) in [7, 11) is -1.54. The van der Waals surface area contributed by atoms with Crippen molar-refractivity contribution in [1.29, 1.82) is 0 Å². The number of hydrogen-bond donors (Lipinski definition) is 1. The number of ether oxygens (including phenoxy) is 1. The Morgan fingerprint density at radius 3 is 2.62 bits per heavy atom. The van der Waals surface area contributed by atoms with Crippen LogP contribution >= 0.6 is 7.80 Å². The van der Waals surface area contributed by atoms with E-state index >= 15 is 0 Å². The summed E-state index contributed by atoms with van der Waals surface area (Å²) in [5, 5.41) is 9.18. The van der Waals surface area contributed by atoms with Gasteiger partial charge in [0.1, 0.15) is 6.61 Å². The number of hydrogen-bond acceptors (Lipinski definition) is 4. The van der Waals surface area contributed by atoms with Crippen molar-refractivity contribution in [1.82, 2.24) is 0 Å². The summed E-state index contributed by atoms with van der Waals surface area (Å²) in [6.45, 7) is -0.183. The Morgan fingerprint density at radius 2 is 2.00 bits per heavy atom. The molecule has 0 aliphatic heterocycles. The highest BCUT2D eigenvalue weighted by Crippen LogP contribution is 2.20. The number of aliphatic hydroxyl groups is 1. The van der Waals surface area contributed by atoms with Crippen LogP contribution in [0.15, 0.2) is 30.3 Å². The molecule has 0 bridgehead atoms. The highest BCUT2D eigenvalue weighted by atomic mass is 31.1. The predicted molar refractivity (Wildman–Crippen MR) is 61.2 cm³/mol. The molecule has 4 nitrogen and oxygen atoms in total. The van der Waals surface area contributed by atoms with Gasteiger partial charge in [0.15, 0.2) is 11.5 Å². The van der Waals surface area contributed by atoms with E-state index in [1.165, 1.54) is 0 Å². The van der Waals surface area contributed by atoms with Gasteiger partial charge in [-0.15, -0.1) is 0 Å². The molecule has 0 aliphatic carbocycles. The SMILES string of the molecule is O=C(CC[P+](=O)c1ccccc1)OCCO. The molecule has 0 spiro atoms. The van der Waals surface area contributed by atoms with Crippen LogP contribution in [0.1, 0.15) is 6.42 Å². The normalized spacial score (nSPS) is 10.9. The second kappa shape index (κ2) is 7.09. The molecule has 1 rings (SSSR count). The molecule has 0 amide bonds. The standard InChI is InChI=1S/C11H14O4P/c12-7-8-15-11(13)6-9-16(14)10-4-2-1-3-5-10/h1-5,12H,6-9H2/q+1. The molecule has 0 heterocycles. The summed E-state index contributed by atoms with van der Waals surface area (Å²) in [6, 6.07) is 9.02. The number of carbonyl (C=O) groups excluding carboxylic acids is 1. The van der Waals surface area contributed by atoms with E-state index in [1.54, 1.807) is 12.1 Å². The maximum absolute atomic E-state index is 11.7. The zero-order valence-electron chi connectivity index (χ0n) is 8.83. The van der Waals surface area contributed by atoms with Crippen LogP contribution in [0.2, 0.25) is 0 Å². The molecule has 0 aromatic heterocycles. The maximum Gasteiger partial charge on any atom is 0.377 e. The van der Waals surface area contributed by atoms with Crippen LogP contribution in [-0.4, -0.2) is 30.5 Å². The van der Waals surface area contributed by atoms with E-state index in [0.29, 0.717) is 0 Å². The van der Waals surface area contributed by atoms with E-state index in [-0.39, 0.29) is 25.8 Å². The fraction of sp³-hybridized carbons (Fsp3) is 0.364. The summed E-state index contributed by atoms with van der Waals surface area (Å²) in [5.74, 6) is -0.423. The van der Waals surface area contributed by atoms with Gasteiger partial charge in [-0.3, -0.25) is 4.79 Å². The molecule has 0 saturated heterocycles. The van der Waals surface area contributed by atoms with Crippen LogP contribution in [0.4, 0.5) is 0 Å². The lowest BCUT2D eigenvalue weighted by Crippen LogP contribution is -2.10. The van der Waals surface area contributed by atoms with E-state index in [4.69, 9.17) is 5.11 Å². The third-order valence-electron chi connectivity index (χ3n) is 1.92. The minimum Gasteiger partial charge on any atom is -0.463 e. The third-order valence-corrected chi connectivity index (χ3v) is 3.42. The molecule has 86 valence electrons. The average Bonchev–Trinajstić information content (AvgIpc) is 2.34. The second-order valence-corrected chi connectivity index (χ2v) is 4.85. The smallest absolute Gasteiger partial charge is 0.377 e. The summed E-state index contributed by atoms with van der Waals surface area (Å²) < 4.78 is 16.4. The van der Waals surface area contributed by atoms with Crippen molar-refractivity contribution in [3.05, 3.63) is 30.3 Å². The molecule has 1 aromatic carbocycles. The zero-order valence-corrected chi connectivity index (χ0v) is 9.73. The molecular weight excluding hydrogens is 227 g/mol. The van der Waals surface area contributed by atoms with Gasteiger partial charge in [0.2, 0.25) is 0 Å². The summed E-state index contributed by atoms with van der Waals surface area (Å²) >= 11 is 0. The van der Waals surface area contributed by atoms with Crippen LogP contribution < -0.4 is 5.30 Å². The van der Waals surface area contributed by atoms with Crippen molar-refractivity contribution in [3.8, 4) is 0 Å². The highest BCUT2D eigenvalue weighted by Gasteiger charge is 2.20. The van der Waals surface area contributed by atoms with Gasteiger partial charge < -0.3 is 9.84 Å². The molecule has 5 heteroatoms. The van der Waals surface area contributed by atoms with E-state index in [1.807, 2.05) is 18.2 Å². The van der Waals surface area contributed by atoms with Crippen molar-refractivity contribution in [3.63, 3.8) is 0 Å². The number of esters is 1. The summed E-state index contributed by atoms with van der Waals surface area (Å²) in [6.07, 6.45) is 0.397. The lowest BCUT2D eigenvalue weighted by molar-refractivity contribution is -0.144. The topological polar surface area (TPSA) is 63.6 Å². The van der Waals surface area contributed by atoms with Gasteiger partial charge in [-0.1, -0.05) is 22.8 Å². The number of carbonyl (C=O) groups is 1. The van der Waals surface area contributed by atoms with E-state index in [9.17, 15) is 9.36 Å². The number of aliphatic hydroxyl groups excluding tert-OH is 1. The number of rotatable bonds is 6. The Kier molecular flexibility index (Phi) is 5.68. The lowest BCUT2D eigenvalue weighted by atomic mass is 10.4. The van der Waals surface area contributed by atoms with Crippen LogP contribution in [-0.2, 0) is 14.1 Å². The Balaban J connectivity index is 2.33. The molecule has 0 saturated carbocycles. The Labute approximate surface area is 95.0 Å². The lowest BCUT2D eigenvalue weighted by Gasteiger charge is -1.98. The largest absolute Gasteiger partial charge is 0.463 e. The quantitative estimate of drug-likeness (QED) is 0.597. The van der Waals surface area contributed by atoms with Gasteiger partial charge in [0.05, 0.1) is 13.0 Å². The Hall–Kier alpha value is -1.25. The summed E-state index contributed by atoms with van der Waals surface area (Å²) in [5.41, 5.74) is 0. The minimum atomic E-state index is -1.54. The Bertz CT molecular complexity index is 350. The predicted octanol–water partition coefficient (Wildman–Crippen LogP) is 1.06. The van der Waals surface area contributed by atoms with E-state index in [2.05, 4.69) is 4.74 Å². The molecular formula is C11H14O4P+. The van der Waals surface area contributed by atoms with Crippen molar-refractivity contribution in [2.75, 3.05) is 19.4 Å². The fourth-order valence-electron chi connectivity index (χ4n) is 1.15. The fourth-order valence-corrected chi connectivity index (χ4v) is 2.30. The minimum absolute atomic E-state index is 0.000946. The van der Waals surface area contributed by atoms with Crippen LogP contribution in [0.25, 0.3) is 0 Å². The van der Waals surface area contributed by atoms with Crippen LogP contribution in [0, 0.1) is 0 Å². The first kappa shape index (κ1) is 12.8. The first-order valence-electron chi connectivity index (χ1n) is 5.00. The maximum atomic E-state index is 11.7. The molecule has 1 atom stereocenters. The molecule has 1 N–H and O–H groups in total. The average molecular weight is 241 g/mol. The van der Waals surface area contributed by atoms with Crippen molar-refractivity contribution in [2.45, 2.75) is 6.42 Å². The van der Waals surface area contributed by atoms with Crippen molar-refractivity contribution in [2.24, 2.45) is 0 Å². The first-order valence-corrected chi connectivity index (χ1v) is 6.44. The second-order valence-electron chi connectivity index (χ2n) is 3.13. The van der Waals surface area contributed by atoms with Gasteiger partial charge >= 0.3 is 13.8 Å². The van der Waals surface area contributed by atoms with Crippen LogP contribution in [0.3, 0.4) is 0 Å². The Morgan fingerprint density at radius 1 is 1.31 bits per heavy atom. The highest BCUT2D eigenvalue weighted by molar-refractivity contribution is 7.53. The zero-order chi connectivity index (χ0) is 11.8. The molecule has 0 aliphatic rings. The van der Waals surface area contributed by atoms with Crippen molar-refractivity contribution >= 4 is 19.1 Å². The molecule has 0 radical (unpaired) electrons. The number of benzene rings is 1. The van der Waals surface area contributed by atoms with Gasteiger partial charge in [-0.2, -0.15) is 0 Å². The summed E-state index contributed by atoms with van der Waals surface area (Å²) in [4.78, 5) is 11.1. The molecule has 16 heavy (non-hydrogen) atoms. The van der Waals surface area contributed by atoms with Gasteiger partial charge in [0, 0.05) is 0 Å². The molecule has 1 aromatic rings. The van der Waals surface area contributed by atoms with Crippen LogP contribution in [0.5, 0.6) is 0 Å². The monoisotopic (exact) mass is 241 g/mol. The van der Waals surface area contributed by atoms with E-state index in [0.717, 1.165) is 5.30 Å². The van der Waals surface area contributed by atoms with Gasteiger partial charge in [0.25, 0.3) is 0 Å². The van der Waals surface area contributed by atoms with Crippen molar-refractivity contribution < 1.29 is 19.2 Å². The first-order chi connectivity index (χ1) is 7.74. The van der Waals surface area contributed by atoms with Gasteiger partial charge in [-0.25, -0.2) is 0 Å².